The number of fused-ring (bicyclic) bond motifs is 1. The maximum atomic E-state index is 11.5. The second-order valence-corrected chi connectivity index (χ2v) is 7.37. The third-order valence-electron chi connectivity index (χ3n) is 3.20. The number of hydrogen-bond donors (Lipinski definition) is 1. The number of rotatable bonds is 4. The third-order valence-corrected chi connectivity index (χ3v) is 5.41. The minimum absolute atomic E-state index is 0.0736. The first-order valence-corrected chi connectivity index (χ1v) is 8.92. The van der Waals surface area contributed by atoms with E-state index in [1.807, 2.05) is 12.1 Å². The van der Waals surface area contributed by atoms with Crippen molar-refractivity contribution in [3.63, 3.8) is 0 Å². The van der Waals surface area contributed by atoms with Gasteiger partial charge in [-0.2, -0.15) is 0 Å². The lowest BCUT2D eigenvalue weighted by atomic mass is 10.1. The van der Waals surface area contributed by atoms with Crippen molar-refractivity contribution in [1.82, 2.24) is 4.90 Å². The zero-order chi connectivity index (χ0) is 14.2. The quantitative estimate of drug-likeness (QED) is 0.926. The van der Waals surface area contributed by atoms with Gasteiger partial charge in [-0.1, -0.05) is 23.9 Å². The van der Waals surface area contributed by atoms with Crippen LogP contribution in [0, 0.1) is 0 Å². The molecule has 0 radical (unpaired) electrons. The van der Waals surface area contributed by atoms with E-state index < -0.39 is 10.0 Å². The number of nitrogens with zero attached hydrogens (tertiary/aromatic N) is 2. The normalized spacial score (nSPS) is 17.8. The summed E-state index contributed by atoms with van der Waals surface area (Å²) in [5.74, 6) is 0.0736. The molecule has 0 bridgehead atoms. The van der Waals surface area contributed by atoms with E-state index in [0.29, 0.717) is 5.69 Å². The summed E-state index contributed by atoms with van der Waals surface area (Å²) >= 11 is 1.64. The molecule has 0 aliphatic carbocycles. The third kappa shape index (κ3) is 2.55. The van der Waals surface area contributed by atoms with Crippen LogP contribution in [-0.4, -0.2) is 37.3 Å². The summed E-state index contributed by atoms with van der Waals surface area (Å²) in [4.78, 5) is 6.60. The van der Waals surface area contributed by atoms with Gasteiger partial charge in [0.05, 0.1) is 18.0 Å². The average Bonchev–Trinajstić information content (AvgIpc) is 3.02. The average molecular weight is 309 g/mol. The molecule has 7 heteroatoms. The Balaban J connectivity index is 1.79. The second-order valence-electron chi connectivity index (χ2n) is 4.52. The van der Waals surface area contributed by atoms with Crippen LogP contribution in [0.1, 0.15) is 12.5 Å². The summed E-state index contributed by atoms with van der Waals surface area (Å²) < 4.78 is 25.6. The lowest BCUT2D eigenvalue weighted by Crippen LogP contribution is -2.19. The number of amidine groups is 1. The van der Waals surface area contributed by atoms with Crippen molar-refractivity contribution < 1.29 is 8.42 Å². The van der Waals surface area contributed by atoms with E-state index in [9.17, 15) is 8.42 Å². The van der Waals surface area contributed by atoms with Gasteiger partial charge in [0.15, 0.2) is 5.17 Å². The van der Waals surface area contributed by atoms with Crippen molar-refractivity contribution >= 4 is 38.3 Å². The zero-order valence-corrected chi connectivity index (χ0v) is 12.7. The number of anilines is 1. The molecule has 0 saturated heterocycles. The van der Waals surface area contributed by atoms with Crippen LogP contribution in [0.25, 0.3) is 5.70 Å². The molecule has 0 unspecified atom stereocenters. The predicted molar refractivity (Wildman–Crippen MR) is 84.1 cm³/mol. The Bertz CT molecular complexity index is 678. The largest absolute Gasteiger partial charge is 0.318 e. The van der Waals surface area contributed by atoms with Gasteiger partial charge in [-0.3, -0.25) is 9.71 Å². The van der Waals surface area contributed by atoms with Crippen LogP contribution in [0.2, 0.25) is 0 Å². The molecule has 1 aromatic carbocycles. The molecule has 20 heavy (non-hydrogen) atoms. The molecule has 106 valence electrons. The molecule has 0 amide bonds. The van der Waals surface area contributed by atoms with Crippen molar-refractivity contribution in [3.8, 4) is 0 Å². The van der Waals surface area contributed by atoms with Gasteiger partial charge in [0.2, 0.25) is 10.0 Å². The van der Waals surface area contributed by atoms with E-state index in [-0.39, 0.29) is 5.75 Å². The van der Waals surface area contributed by atoms with Crippen LogP contribution < -0.4 is 4.72 Å². The lowest BCUT2D eigenvalue weighted by molar-refractivity contribution is 0.602. The first-order chi connectivity index (χ1) is 9.59. The molecule has 0 saturated carbocycles. The standard InChI is InChI=1S/C13H15N3O2S2/c1-2-20(17,18)15-11-5-3-10(4-6-11)12-9-19-13-14-7-8-16(12)13/h3-6,9,15H,2,7-8H2,1H3. The van der Waals surface area contributed by atoms with E-state index >= 15 is 0 Å². The first-order valence-electron chi connectivity index (χ1n) is 6.39. The van der Waals surface area contributed by atoms with E-state index in [2.05, 4.69) is 20.0 Å². The summed E-state index contributed by atoms with van der Waals surface area (Å²) in [5, 5.41) is 3.14. The predicted octanol–water partition coefficient (Wildman–Crippen LogP) is 2.17. The Kier molecular flexibility index (Phi) is 3.47. The fourth-order valence-corrected chi connectivity index (χ4v) is 3.71. The summed E-state index contributed by atoms with van der Waals surface area (Å²) in [6, 6.07) is 7.45. The highest BCUT2D eigenvalue weighted by molar-refractivity contribution is 8.16. The molecular weight excluding hydrogens is 294 g/mol. The molecule has 2 aliphatic rings. The summed E-state index contributed by atoms with van der Waals surface area (Å²) in [6.45, 7) is 3.37. The highest BCUT2D eigenvalue weighted by Gasteiger charge is 2.26. The van der Waals surface area contributed by atoms with E-state index in [0.717, 1.165) is 29.5 Å². The Labute approximate surface area is 122 Å². The Morgan fingerprint density at radius 3 is 2.80 bits per heavy atom. The Morgan fingerprint density at radius 2 is 2.10 bits per heavy atom. The lowest BCUT2D eigenvalue weighted by Gasteiger charge is -2.17. The molecule has 3 rings (SSSR count). The molecule has 2 aliphatic heterocycles. The van der Waals surface area contributed by atoms with Crippen molar-refractivity contribution in [1.29, 1.82) is 0 Å². The summed E-state index contributed by atoms with van der Waals surface area (Å²) in [7, 11) is -3.22. The number of hydrogen-bond acceptors (Lipinski definition) is 5. The van der Waals surface area contributed by atoms with Crippen LogP contribution in [0.15, 0.2) is 34.7 Å². The monoisotopic (exact) mass is 309 g/mol. The summed E-state index contributed by atoms with van der Waals surface area (Å²) in [6.07, 6.45) is 0. The fourth-order valence-electron chi connectivity index (χ4n) is 2.11. The van der Waals surface area contributed by atoms with Gasteiger partial charge in [-0.05, 0) is 24.6 Å². The minimum Gasteiger partial charge on any atom is -0.318 e. The van der Waals surface area contributed by atoms with Gasteiger partial charge in [0.1, 0.15) is 0 Å². The van der Waals surface area contributed by atoms with Gasteiger partial charge in [-0.15, -0.1) is 0 Å². The molecule has 0 spiro atoms. The SMILES string of the molecule is CCS(=O)(=O)Nc1ccc(C2=CSC3=NCCN23)cc1. The summed E-state index contributed by atoms with van der Waals surface area (Å²) in [5.41, 5.74) is 2.80. The molecule has 5 nitrogen and oxygen atoms in total. The van der Waals surface area contributed by atoms with Crippen LogP contribution in [0.3, 0.4) is 0 Å². The fraction of sp³-hybridized carbons (Fsp3) is 0.308. The first kappa shape index (κ1) is 13.5. The number of benzene rings is 1. The number of nitrogens with one attached hydrogen (secondary N) is 1. The van der Waals surface area contributed by atoms with Crippen LogP contribution in [0.4, 0.5) is 5.69 Å². The van der Waals surface area contributed by atoms with Gasteiger partial charge < -0.3 is 4.90 Å². The van der Waals surface area contributed by atoms with Gasteiger partial charge in [0, 0.05) is 17.6 Å². The van der Waals surface area contributed by atoms with Gasteiger partial charge >= 0.3 is 0 Å². The van der Waals surface area contributed by atoms with Crippen molar-refractivity contribution in [2.24, 2.45) is 4.99 Å². The maximum absolute atomic E-state index is 11.5. The maximum Gasteiger partial charge on any atom is 0.232 e. The number of thioether (sulfide) groups is 1. The minimum atomic E-state index is -3.22. The van der Waals surface area contributed by atoms with E-state index in [4.69, 9.17) is 0 Å². The molecule has 0 atom stereocenters. The molecule has 2 heterocycles. The van der Waals surface area contributed by atoms with Crippen LogP contribution in [0.5, 0.6) is 0 Å². The molecule has 1 aromatic rings. The molecule has 0 aromatic heterocycles. The van der Waals surface area contributed by atoms with E-state index in [1.54, 1.807) is 30.8 Å². The topological polar surface area (TPSA) is 61.8 Å². The smallest absolute Gasteiger partial charge is 0.232 e. The second kappa shape index (κ2) is 5.14. The van der Waals surface area contributed by atoms with Gasteiger partial charge in [-0.25, -0.2) is 8.42 Å². The highest BCUT2D eigenvalue weighted by Crippen LogP contribution is 2.35. The van der Waals surface area contributed by atoms with Crippen LogP contribution >= 0.6 is 11.8 Å². The van der Waals surface area contributed by atoms with Crippen molar-refractivity contribution in [3.05, 3.63) is 35.2 Å². The Morgan fingerprint density at radius 1 is 1.35 bits per heavy atom. The Hall–Kier alpha value is -1.47. The highest BCUT2D eigenvalue weighted by atomic mass is 32.2. The zero-order valence-electron chi connectivity index (χ0n) is 11.0. The van der Waals surface area contributed by atoms with Crippen molar-refractivity contribution in [2.75, 3.05) is 23.6 Å². The van der Waals surface area contributed by atoms with E-state index in [1.165, 1.54) is 0 Å². The molecule has 0 fully saturated rings. The molecular formula is C13H15N3O2S2. The number of aliphatic imine (C=N–C) groups is 1. The van der Waals surface area contributed by atoms with Crippen LogP contribution in [-0.2, 0) is 10.0 Å². The number of sulfonamides is 1. The molecule has 1 N–H and O–H groups in total. The van der Waals surface area contributed by atoms with Crippen molar-refractivity contribution in [2.45, 2.75) is 6.92 Å². The van der Waals surface area contributed by atoms with Gasteiger partial charge in [0.25, 0.3) is 0 Å².